The molecule has 0 radical (unpaired) electrons. The van der Waals surface area contributed by atoms with Crippen molar-refractivity contribution in [1.29, 1.82) is 0 Å². The lowest BCUT2D eigenvalue weighted by Crippen LogP contribution is -2.50. The molecular formula is C18H19F3N2O4S2. The summed E-state index contributed by atoms with van der Waals surface area (Å²) in [4.78, 5) is -0.465. The number of halogens is 3. The summed E-state index contributed by atoms with van der Waals surface area (Å²) >= 11 is 0. The van der Waals surface area contributed by atoms with Crippen LogP contribution in [-0.2, 0) is 32.0 Å². The largest absolute Gasteiger partial charge is 0.416 e. The third-order valence-corrected chi connectivity index (χ3v) is 8.33. The van der Waals surface area contributed by atoms with Crippen molar-refractivity contribution in [3.05, 3.63) is 65.7 Å². The van der Waals surface area contributed by atoms with E-state index in [0.717, 1.165) is 22.5 Å². The van der Waals surface area contributed by atoms with Gasteiger partial charge in [-0.05, 0) is 23.8 Å². The zero-order valence-electron chi connectivity index (χ0n) is 15.2. The molecule has 0 bridgehead atoms. The first kappa shape index (κ1) is 21.8. The molecule has 1 fully saturated rings. The van der Waals surface area contributed by atoms with Gasteiger partial charge in [0.2, 0.25) is 20.0 Å². The van der Waals surface area contributed by atoms with E-state index < -0.39 is 36.7 Å². The molecule has 0 aromatic heterocycles. The van der Waals surface area contributed by atoms with Gasteiger partial charge in [0.25, 0.3) is 0 Å². The Labute approximate surface area is 167 Å². The van der Waals surface area contributed by atoms with Gasteiger partial charge in [-0.15, -0.1) is 0 Å². The highest BCUT2D eigenvalue weighted by Gasteiger charge is 2.35. The average Bonchev–Trinajstić information content (AvgIpc) is 2.68. The fourth-order valence-electron chi connectivity index (χ4n) is 3.05. The van der Waals surface area contributed by atoms with Gasteiger partial charge < -0.3 is 0 Å². The molecule has 1 heterocycles. The van der Waals surface area contributed by atoms with Crippen molar-refractivity contribution in [2.45, 2.75) is 16.8 Å². The van der Waals surface area contributed by atoms with Crippen molar-refractivity contribution in [1.82, 2.24) is 8.61 Å². The van der Waals surface area contributed by atoms with Gasteiger partial charge in [-0.25, -0.2) is 16.8 Å². The number of sulfonamides is 2. The summed E-state index contributed by atoms with van der Waals surface area (Å²) in [6.07, 6.45) is -4.66. The lowest BCUT2D eigenvalue weighted by molar-refractivity contribution is -0.137. The maximum absolute atomic E-state index is 12.9. The van der Waals surface area contributed by atoms with E-state index in [1.54, 1.807) is 30.3 Å². The topological polar surface area (TPSA) is 74.8 Å². The van der Waals surface area contributed by atoms with Gasteiger partial charge in [0, 0.05) is 26.2 Å². The minimum absolute atomic E-state index is 0.0621. The Morgan fingerprint density at radius 1 is 0.793 bits per heavy atom. The normalized spacial score (nSPS) is 17.3. The van der Waals surface area contributed by atoms with Crippen molar-refractivity contribution < 1.29 is 30.0 Å². The smallest absolute Gasteiger partial charge is 0.212 e. The molecule has 29 heavy (non-hydrogen) atoms. The lowest BCUT2D eigenvalue weighted by Gasteiger charge is -2.33. The van der Waals surface area contributed by atoms with Crippen molar-refractivity contribution >= 4 is 20.0 Å². The van der Waals surface area contributed by atoms with E-state index in [1.165, 1.54) is 4.31 Å². The zero-order chi connectivity index (χ0) is 21.3. The van der Waals surface area contributed by atoms with Crippen LogP contribution in [0.15, 0.2) is 59.5 Å². The fourth-order valence-corrected chi connectivity index (χ4v) is 6.03. The molecule has 0 spiro atoms. The number of alkyl halides is 3. The molecule has 2 aromatic rings. The van der Waals surface area contributed by atoms with E-state index in [-0.39, 0.29) is 31.9 Å². The van der Waals surface area contributed by atoms with E-state index in [9.17, 15) is 30.0 Å². The molecule has 0 saturated carbocycles. The van der Waals surface area contributed by atoms with Crippen LogP contribution in [0, 0.1) is 0 Å². The van der Waals surface area contributed by atoms with Gasteiger partial charge in [0.05, 0.1) is 16.2 Å². The van der Waals surface area contributed by atoms with Crippen LogP contribution in [0.5, 0.6) is 0 Å². The molecule has 158 valence electrons. The second-order valence-corrected chi connectivity index (χ2v) is 10.5. The van der Waals surface area contributed by atoms with Crippen LogP contribution in [0.1, 0.15) is 11.1 Å². The van der Waals surface area contributed by atoms with Gasteiger partial charge >= 0.3 is 6.18 Å². The maximum Gasteiger partial charge on any atom is 0.416 e. The number of rotatable bonds is 5. The predicted molar refractivity (Wildman–Crippen MR) is 101 cm³/mol. The number of hydrogen-bond acceptors (Lipinski definition) is 4. The SMILES string of the molecule is O=S(=O)(Cc1ccccc1)N1CCN(S(=O)(=O)c2cccc(C(F)(F)F)c2)CC1. The molecule has 0 aliphatic carbocycles. The minimum atomic E-state index is -4.66. The monoisotopic (exact) mass is 448 g/mol. The average molecular weight is 448 g/mol. The number of benzene rings is 2. The summed E-state index contributed by atoms with van der Waals surface area (Å²) in [5, 5.41) is 0. The van der Waals surface area contributed by atoms with Gasteiger partial charge in [0.1, 0.15) is 0 Å². The van der Waals surface area contributed by atoms with E-state index >= 15 is 0 Å². The van der Waals surface area contributed by atoms with E-state index in [2.05, 4.69) is 0 Å². The lowest BCUT2D eigenvalue weighted by atomic mass is 10.2. The Hall–Kier alpha value is -1.95. The number of hydrogen-bond donors (Lipinski definition) is 0. The van der Waals surface area contributed by atoms with Crippen LogP contribution < -0.4 is 0 Å². The van der Waals surface area contributed by atoms with Crippen LogP contribution in [-0.4, -0.2) is 51.6 Å². The molecule has 1 saturated heterocycles. The van der Waals surface area contributed by atoms with Crippen molar-refractivity contribution in [2.75, 3.05) is 26.2 Å². The molecule has 6 nitrogen and oxygen atoms in total. The first-order valence-electron chi connectivity index (χ1n) is 8.69. The van der Waals surface area contributed by atoms with Crippen LogP contribution in [0.3, 0.4) is 0 Å². The summed E-state index contributed by atoms with van der Waals surface area (Å²) in [5.74, 6) is -0.200. The van der Waals surface area contributed by atoms with Crippen molar-refractivity contribution in [3.63, 3.8) is 0 Å². The molecule has 2 aromatic carbocycles. The first-order chi connectivity index (χ1) is 13.5. The first-order valence-corrected chi connectivity index (χ1v) is 11.7. The summed E-state index contributed by atoms with van der Waals surface area (Å²) in [6.45, 7) is -0.389. The standard InChI is InChI=1S/C18H19F3N2O4S2/c19-18(20,21)16-7-4-8-17(13-16)29(26,27)23-11-9-22(10-12-23)28(24,25)14-15-5-2-1-3-6-15/h1-8,13H,9-12,14H2. The summed E-state index contributed by atoms with van der Waals surface area (Å²) < 4.78 is 91.4. The van der Waals surface area contributed by atoms with Crippen LogP contribution in [0.25, 0.3) is 0 Å². The van der Waals surface area contributed by atoms with Crippen molar-refractivity contribution in [2.24, 2.45) is 0 Å². The van der Waals surface area contributed by atoms with Gasteiger partial charge in [0.15, 0.2) is 0 Å². The Balaban J connectivity index is 1.71. The highest BCUT2D eigenvalue weighted by atomic mass is 32.2. The number of piperazine rings is 1. The predicted octanol–water partition coefficient (Wildman–Crippen LogP) is 2.54. The molecule has 0 unspecified atom stereocenters. The molecule has 1 aliphatic rings. The van der Waals surface area contributed by atoms with Crippen molar-refractivity contribution in [3.8, 4) is 0 Å². The van der Waals surface area contributed by atoms with Crippen LogP contribution >= 0.6 is 0 Å². The summed E-state index contributed by atoms with van der Waals surface area (Å²) in [7, 11) is -7.79. The Bertz CT molecular complexity index is 1060. The van der Waals surface area contributed by atoms with E-state index in [0.29, 0.717) is 11.6 Å². The third-order valence-electron chi connectivity index (χ3n) is 4.58. The molecule has 3 rings (SSSR count). The Morgan fingerprint density at radius 3 is 1.97 bits per heavy atom. The highest BCUT2D eigenvalue weighted by Crippen LogP contribution is 2.31. The molecule has 1 aliphatic heterocycles. The van der Waals surface area contributed by atoms with Crippen LogP contribution in [0.2, 0.25) is 0 Å². The quantitative estimate of drug-likeness (QED) is 0.705. The summed E-state index contributed by atoms with van der Waals surface area (Å²) in [6, 6.07) is 12.1. The van der Waals surface area contributed by atoms with E-state index in [4.69, 9.17) is 0 Å². The second-order valence-electron chi connectivity index (χ2n) is 6.57. The Morgan fingerprint density at radius 2 is 1.38 bits per heavy atom. The maximum atomic E-state index is 12.9. The molecule has 0 N–H and O–H groups in total. The fraction of sp³-hybridized carbons (Fsp3) is 0.333. The second kappa shape index (κ2) is 8.05. The van der Waals surface area contributed by atoms with Gasteiger partial charge in [-0.3, -0.25) is 0 Å². The third kappa shape index (κ3) is 4.97. The summed E-state index contributed by atoms with van der Waals surface area (Å²) in [5.41, 5.74) is -0.436. The van der Waals surface area contributed by atoms with Gasteiger partial charge in [-0.1, -0.05) is 36.4 Å². The molecule has 0 atom stereocenters. The van der Waals surface area contributed by atoms with Gasteiger partial charge in [-0.2, -0.15) is 21.8 Å². The molecular weight excluding hydrogens is 429 g/mol. The minimum Gasteiger partial charge on any atom is -0.212 e. The zero-order valence-corrected chi connectivity index (χ0v) is 16.8. The molecule has 0 amide bonds. The van der Waals surface area contributed by atoms with E-state index in [1.807, 2.05) is 0 Å². The number of nitrogens with zero attached hydrogens (tertiary/aromatic N) is 2. The highest BCUT2D eigenvalue weighted by molar-refractivity contribution is 7.89. The van der Waals surface area contributed by atoms with Crippen LogP contribution in [0.4, 0.5) is 13.2 Å². The molecule has 11 heteroatoms. The Kier molecular flexibility index (Phi) is 6.04.